The highest BCUT2D eigenvalue weighted by molar-refractivity contribution is 7.07. The second kappa shape index (κ2) is 4.91. The van der Waals surface area contributed by atoms with Crippen molar-refractivity contribution in [1.82, 2.24) is 25.5 Å². The molecular weight excluding hydrogens is 242 g/mol. The number of aromatic nitrogens is 4. The molecule has 7 nitrogen and oxygen atoms in total. The van der Waals surface area contributed by atoms with E-state index in [0.29, 0.717) is 17.9 Å². The van der Waals surface area contributed by atoms with Crippen molar-refractivity contribution in [2.24, 2.45) is 0 Å². The van der Waals surface area contributed by atoms with Gasteiger partial charge in [-0.05, 0) is 0 Å². The molecule has 2 rings (SSSR count). The first-order valence-electron chi connectivity index (χ1n) is 5.05. The van der Waals surface area contributed by atoms with E-state index in [1.54, 1.807) is 5.38 Å². The molecule has 0 spiro atoms. The molecule has 3 N–H and O–H groups in total. The first-order chi connectivity index (χ1) is 8.19. The zero-order valence-electron chi connectivity index (χ0n) is 9.11. The van der Waals surface area contributed by atoms with Gasteiger partial charge in [0.25, 0.3) is 5.91 Å². The lowest BCUT2D eigenvalue weighted by Crippen LogP contribution is -2.24. The minimum atomic E-state index is -0.368. The summed E-state index contributed by atoms with van der Waals surface area (Å²) in [6.45, 7) is 2.17. The number of nitrogens with zero attached hydrogens (tertiary/aromatic N) is 2. The Morgan fingerprint density at radius 3 is 3.00 bits per heavy atom. The fourth-order valence-electron chi connectivity index (χ4n) is 1.21. The fourth-order valence-corrected chi connectivity index (χ4v) is 1.79. The van der Waals surface area contributed by atoms with Crippen molar-refractivity contribution < 1.29 is 4.79 Å². The van der Waals surface area contributed by atoms with Crippen molar-refractivity contribution in [3.8, 4) is 0 Å². The van der Waals surface area contributed by atoms with Crippen LogP contribution in [-0.4, -0.2) is 26.1 Å². The highest BCUT2D eigenvalue weighted by Gasteiger charge is 2.11. The summed E-state index contributed by atoms with van der Waals surface area (Å²) in [5.41, 5.74) is 0.666. The summed E-state index contributed by atoms with van der Waals surface area (Å²) >= 11 is 1.06. The largest absolute Gasteiger partial charge is 0.344 e. The minimum absolute atomic E-state index is 0.111. The zero-order valence-corrected chi connectivity index (χ0v) is 9.93. The quantitative estimate of drug-likeness (QED) is 0.716. The number of thiazole rings is 1. The Morgan fingerprint density at radius 2 is 2.41 bits per heavy atom. The highest BCUT2D eigenvalue weighted by atomic mass is 32.1. The summed E-state index contributed by atoms with van der Waals surface area (Å²) in [5.74, 6) is 0.409. The number of hydrogen-bond donors (Lipinski definition) is 3. The van der Waals surface area contributed by atoms with Gasteiger partial charge in [0.2, 0.25) is 5.82 Å². The van der Waals surface area contributed by atoms with Crippen molar-refractivity contribution in [1.29, 1.82) is 0 Å². The van der Waals surface area contributed by atoms with Crippen LogP contribution in [0.1, 0.15) is 29.1 Å². The predicted octanol–water partition coefficient (Wildman–Crippen LogP) is 0.0469. The summed E-state index contributed by atoms with van der Waals surface area (Å²) in [5, 5.41) is 10.7. The average molecular weight is 253 g/mol. The van der Waals surface area contributed by atoms with Crippen molar-refractivity contribution >= 4 is 17.2 Å². The summed E-state index contributed by atoms with van der Waals surface area (Å²) in [6, 6.07) is 0. The van der Waals surface area contributed by atoms with Crippen LogP contribution in [0.15, 0.2) is 10.2 Å². The maximum absolute atomic E-state index is 11.6. The molecule has 1 amide bonds. The maximum atomic E-state index is 11.6. The molecule has 0 fully saturated rings. The van der Waals surface area contributed by atoms with Gasteiger partial charge >= 0.3 is 4.87 Å². The van der Waals surface area contributed by atoms with E-state index in [4.69, 9.17) is 0 Å². The molecule has 0 radical (unpaired) electrons. The van der Waals surface area contributed by atoms with E-state index >= 15 is 0 Å². The Labute approximate surface area is 100 Å². The van der Waals surface area contributed by atoms with Gasteiger partial charge in [-0.2, -0.15) is 0 Å². The van der Waals surface area contributed by atoms with E-state index in [2.05, 4.69) is 25.5 Å². The predicted molar refractivity (Wildman–Crippen MR) is 61.9 cm³/mol. The molecule has 0 aliphatic rings. The molecule has 0 aliphatic heterocycles. The lowest BCUT2D eigenvalue weighted by Gasteiger charge is -1.98. The molecule has 0 saturated carbocycles. The van der Waals surface area contributed by atoms with Crippen molar-refractivity contribution in [2.45, 2.75) is 19.9 Å². The molecule has 90 valence electrons. The van der Waals surface area contributed by atoms with E-state index in [1.807, 2.05) is 6.92 Å². The molecule has 0 unspecified atom stereocenters. The summed E-state index contributed by atoms with van der Waals surface area (Å²) in [6.07, 6.45) is 0.693. The highest BCUT2D eigenvalue weighted by Crippen LogP contribution is 1.97. The molecule has 2 aromatic heterocycles. The second-order valence-electron chi connectivity index (χ2n) is 3.32. The van der Waals surface area contributed by atoms with Crippen molar-refractivity contribution in [3.05, 3.63) is 32.4 Å². The number of nitrogens with one attached hydrogen (secondary N) is 3. The standard InChI is InChI=1S/C9H11N5O2S/c1-2-6-12-7(14-13-6)8(15)10-3-5-4-17-9(16)11-5/h4H,2-3H2,1H3,(H,10,15)(H,11,16)(H,12,13,14). The number of aromatic amines is 2. The van der Waals surface area contributed by atoms with E-state index in [-0.39, 0.29) is 23.1 Å². The molecule has 0 aliphatic carbocycles. The van der Waals surface area contributed by atoms with Crippen molar-refractivity contribution in [3.63, 3.8) is 0 Å². The topological polar surface area (TPSA) is 104 Å². The molecular formula is C9H11N5O2S. The van der Waals surface area contributed by atoms with Crippen LogP contribution in [0.5, 0.6) is 0 Å². The van der Waals surface area contributed by atoms with Gasteiger partial charge in [0, 0.05) is 17.5 Å². The summed E-state index contributed by atoms with van der Waals surface area (Å²) in [7, 11) is 0. The SMILES string of the molecule is CCc1nc(C(=O)NCc2csc(=O)[nH]2)n[nH]1. The molecule has 0 atom stereocenters. The van der Waals surface area contributed by atoms with Crippen LogP contribution >= 0.6 is 11.3 Å². The van der Waals surface area contributed by atoms with Crippen molar-refractivity contribution in [2.75, 3.05) is 0 Å². The van der Waals surface area contributed by atoms with Gasteiger partial charge < -0.3 is 10.3 Å². The van der Waals surface area contributed by atoms with Crippen LogP contribution < -0.4 is 10.2 Å². The van der Waals surface area contributed by atoms with E-state index in [9.17, 15) is 9.59 Å². The minimum Gasteiger partial charge on any atom is -0.344 e. The maximum Gasteiger partial charge on any atom is 0.304 e. The Hall–Kier alpha value is -1.96. The third kappa shape index (κ3) is 2.78. The fraction of sp³-hybridized carbons (Fsp3) is 0.333. The number of rotatable bonds is 4. The smallest absolute Gasteiger partial charge is 0.304 e. The van der Waals surface area contributed by atoms with Gasteiger partial charge in [0.15, 0.2) is 0 Å². The first-order valence-corrected chi connectivity index (χ1v) is 5.93. The molecule has 0 saturated heterocycles. The number of amides is 1. The van der Waals surface area contributed by atoms with Gasteiger partial charge in [0.1, 0.15) is 5.82 Å². The van der Waals surface area contributed by atoms with Crippen LogP contribution in [-0.2, 0) is 13.0 Å². The van der Waals surface area contributed by atoms with Crippen LogP contribution in [0.4, 0.5) is 0 Å². The molecule has 0 aromatic carbocycles. The first kappa shape index (κ1) is 11.5. The van der Waals surface area contributed by atoms with E-state index in [1.165, 1.54) is 0 Å². The lowest BCUT2D eigenvalue weighted by molar-refractivity contribution is 0.0940. The van der Waals surface area contributed by atoms with Gasteiger partial charge in [0.05, 0.1) is 6.54 Å². The number of carbonyl (C=O) groups is 1. The Morgan fingerprint density at radius 1 is 1.59 bits per heavy atom. The van der Waals surface area contributed by atoms with E-state index in [0.717, 1.165) is 11.3 Å². The number of carbonyl (C=O) groups excluding carboxylic acids is 1. The third-order valence-corrected chi connectivity index (χ3v) is 2.80. The molecule has 0 bridgehead atoms. The zero-order chi connectivity index (χ0) is 12.3. The third-order valence-electron chi connectivity index (χ3n) is 2.08. The van der Waals surface area contributed by atoms with Gasteiger partial charge in [-0.25, -0.2) is 4.98 Å². The van der Waals surface area contributed by atoms with Gasteiger partial charge in [-0.15, -0.1) is 5.10 Å². The van der Waals surface area contributed by atoms with Crippen LogP contribution in [0.25, 0.3) is 0 Å². The number of hydrogen-bond acceptors (Lipinski definition) is 5. The number of aryl methyl sites for hydroxylation is 1. The van der Waals surface area contributed by atoms with Gasteiger partial charge in [-0.3, -0.25) is 14.7 Å². The summed E-state index contributed by atoms with van der Waals surface area (Å²) < 4.78 is 0. The molecule has 17 heavy (non-hydrogen) atoms. The Balaban J connectivity index is 1.95. The number of H-pyrrole nitrogens is 2. The average Bonchev–Trinajstić information content (AvgIpc) is 2.94. The Bertz CT molecular complexity index is 570. The molecule has 2 heterocycles. The molecule has 2 aromatic rings. The summed E-state index contributed by atoms with van der Waals surface area (Å²) in [4.78, 5) is 28.9. The monoisotopic (exact) mass is 253 g/mol. The normalized spacial score (nSPS) is 10.4. The lowest BCUT2D eigenvalue weighted by atomic mass is 10.4. The van der Waals surface area contributed by atoms with Crippen LogP contribution in [0, 0.1) is 0 Å². The molecule has 8 heteroatoms. The van der Waals surface area contributed by atoms with E-state index < -0.39 is 0 Å². The van der Waals surface area contributed by atoms with Gasteiger partial charge in [-0.1, -0.05) is 18.3 Å². The van der Waals surface area contributed by atoms with Crippen LogP contribution in [0.2, 0.25) is 0 Å². The Kier molecular flexibility index (Phi) is 3.33. The second-order valence-corrected chi connectivity index (χ2v) is 4.16. The van der Waals surface area contributed by atoms with Crippen LogP contribution in [0.3, 0.4) is 0 Å².